The maximum Gasteiger partial charge on any atom is 0.433 e. The Morgan fingerprint density at radius 3 is 2.63 bits per heavy atom. The van der Waals surface area contributed by atoms with Gasteiger partial charge >= 0.3 is 11.8 Å². The zero-order valence-corrected chi connectivity index (χ0v) is 19.1. The first-order valence-corrected chi connectivity index (χ1v) is 10.6. The lowest BCUT2D eigenvalue weighted by Crippen LogP contribution is -2.37. The van der Waals surface area contributed by atoms with Crippen molar-refractivity contribution in [3.63, 3.8) is 0 Å². The number of nitrogens with one attached hydrogen (secondary N) is 1. The summed E-state index contributed by atoms with van der Waals surface area (Å²) in [4.78, 5) is 41.6. The van der Waals surface area contributed by atoms with Crippen LogP contribution in [0.25, 0.3) is 0 Å². The third-order valence-corrected chi connectivity index (χ3v) is 5.31. The topological polar surface area (TPSA) is 131 Å². The number of rotatable bonds is 10. The number of carbonyl (C=O) groups is 2. The normalized spacial score (nSPS) is 14.9. The molecule has 1 atom stereocenters. The summed E-state index contributed by atoms with van der Waals surface area (Å²) in [6.07, 6.45) is -0.518. The maximum atomic E-state index is 15.0. The molecule has 1 aromatic heterocycles. The minimum atomic E-state index is -0.810. The predicted molar refractivity (Wildman–Crippen MR) is 119 cm³/mol. The molecule has 3 rings (SSSR count). The van der Waals surface area contributed by atoms with Crippen LogP contribution in [0.1, 0.15) is 10.6 Å². The second-order valence-corrected chi connectivity index (χ2v) is 7.67. The van der Waals surface area contributed by atoms with Crippen LogP contribution in [0.3, 0.4) is 0 Å². The van der Waals surface area contributed by atoms with Crippen LogP contribution in [-0.2, 0) is 14.4 Å². The van der Waals surface area contributed by atoms with E-state index in [1.165, 1.54) is 17.0 Å². The molecule has 1 N–H and O–H groups in total. The van der Waals surface area contributed by atoms with E-state index in [9.17, 15) is 19.7 Å². The van der Waals surface area contributed by atoms with Crippen LogP contribution in [-0.4, -0.2) is 81.9 Å². The summed E-state index contributed by atoms with van der Waals surface area (Å²) in [5, 5.41) is 14.6. The average Bonchev–Trinajstić information content (AvgIpc) is 3.19. The monoisotopic (exact) mass is 497 g/mol. The zero-order chi connectivity index (χ0) is 25.5. The number of hydrogen-bond donors (Lipinski definition) is 1. The molecule has 12 nitrogen and oxygen atoms in total. The Morgan fingerprint density at radius 2 is 2.03 bits per heavy atom. The van der Waals surface area contributed by atoms with Crippen LogP contribution >= 0.6 is 0 Å². The Bertz CT molecular complexity index is 1040. The smallest absolute Gasteiger partial charge is 0.433 e. The summed E-state index contributed by atoms with van der Waals surface area (Å²) in [6.45, 7) is 0.879. The number of furan rings is 1. The number of nitro groups is 1. The van der Waals surface area contributed by atoms with E-state index >= 15 is 8.78 Å². The molecule has 1 saturated heterocycles. The number of nitrogens with zero attached hydrogens (tertiary/aromatic N) is 4. The third kappa shape index (κ3) is 6.22. The van der Waals surface area contributed by atoms with Gasteiger partial charge in [0.2, 0.25) is 5.76 Å². The third-order valence-electron chi connectivity index (χ3n) is 5.31. The van der Waals surface area contributed by atoms with E-state index in [-0.39, 0.29) is 49.9 Å². The lowest BCUT2D eigenvalue weighted by atomic mass is 10.2. The largest absolute Gasteiger partial charge is 0.461 e. The number of carbonyl (C=O) groups excluding carboxylic acids is 2. The van der Waals surface area contributed by atoms with Gasteiger partial charge in [-0.25, -0.2) is 13.8 Å². The summed E-state index contributed by atoms with van der Waals surface area (Å²) in [5.74, 6) is -3.24. The average molecular weight is 497 g/mol. The van der Waals surface area contributed by atoms with Crippen molar-refractivity contribution >= 4 is 29.6 Å². The molecule has 1 aliphatic rings. The van der Waals surface area contributed by atoms with Crippen molar-refractivity contribution < 1.29 is 37.3 Å². The maximum absolute atomic E-state index is 15.0. The number of hydrogen-bond acceptors (Lipinski definition) is 10. The summed E-state index contributed by atoms with van der Waals surface area (Å²) in [5.41, 5.74) is -0.0220. The van der Waals surface area contributed by atoms with Crippen molar-refractivity contribution in [2.75, 3.05) is 63.2 Å². The van der Waals surface area contributed by atoms with Crippen molar-refractivity contribution in [1.82, 2.24) is 10.4 Å². The van der Waals surface area contributed by atoms with Crippen LogP contribution in [0.15, 0.2) is 28.7 Å². The second-order valence-electron chi connectivity index (χ2n) is 7.67. The molecule has 1 aromatic carbocycles. The molecule has 190 valence electrons. The van der Waals surface area contributed by atoms with E-state index in [4.69, 9.17) is 14.0 Å². The van der Waals surface area contributed by atoms with Gasteiger partial charge in [-0.2, -0.15) is 0 Å². The van der Waals surface area contributed by atoms with Crippen molar-refractivity contribution in [3.05, 3.63) is 51.8 Å². The van der Waals surface area contributed by atoms with Gasteiger partial charge < -0.3 is 24.3 Å². The van der Waals surface area contributed by atoms with Gasteiger partial charge in [-0.1, -0.05) is 0 Å². The number of benzene rings is 1. The van der Waals surface area contributed by atoms with E-state index in [2.05, 4.69) is 5.32 Å². The highest BCUT2D eigenvalue weighted by Gasteiger charge is 2.28. The highest BCUT2D eigenvalue weighted by Crippen LogP contribution is 2.29. The summed E-state index contributed by atoms with van der Waals surface area (Å²) in [7, 11) is 3.31. The van der Waals surface area contributed by atoms with Gasteiger partial charge in [0.1, 0.15) is 16.7 Å². The Balaban J connectivity index is 1.70. The molecule has 2 heterocycles. The molecule has 1 fully saturated rings. The van der Waals surface area contributed by atoms with Crippen molar-refractivity contribution in [2.45, 2.75) is 6.10 Å². The summed E-state index contributed by atoms with van der Waals surface area (Å²) < 4.78 is 39.9. The summed E-state index contributed by atoms with van der Waals surface area (Å²) in [6, 6.07) is 4.55. The molecule has 0 aliphatic carbocycles. The molecule has 0 spiro atoms. The lowest BCUT2D eigenvalue weighted by Gasteiger charge is -2.27. The van der Waals surface area contributed by atoms with Crippen molar-refractivity contribution in [3.8, 4) is 0 Å². The van der Waals surface area contributed by atoms with E-state index in [0.29, 0.717) is 13.0 Å². The number of amides is 1. The van der Waals surface area contributed by atoms with Gasteiger partial charge in [0, 0.05) is 32.4 Å². The van der Waals surface area contributed by atoms with E-state index < -0.39 is 34.5 Å². The fourth-order valence-corrected chi connectivity index (χ4v) is 3.64. The predicted octanol–water partition coefficient (Wildman–Crippen LogP) is 1.56. The van der Waals surface area contributed by atoms with Crippen LogP contribution in [0.5, 0.6) is 0 Å². The molecular weight excluding hydrogens is 472 g/mol. The van der Waals surface area contributed by atoms with E-state index in [1.807, 2.05) is 0 Å². The highest BCUT2D eigenvalue weighted by molar-refractivity contribution is 5.91. The molecule has 0 radical (unpaired) electrons. The highest BCUT2D eigenvalue weighted by atomic mass is 19.1. The van der Waals surface area contributed by atoms with Gasteiger partial charge in [-0.3, -0.25) is 24.5 Å². The minimum absolute atomic E-state index is 0.0367. The fraction of sp³-hybridized carbons (Fsp3) is 0.429. The Kier molecular flexibility index (Phi) is 8.54. The van der Waals surface area contributed by atoms with Gasteiger partial charge in [-0.15, -0.1) is 0 Å². The number of halogens is 2. The van der Waals surface area contributed by atoms with Gasteiger partial charge in [-0.05, 0) is 25.2 Å². The zero-order valence-electron chi connectivity index (χ0n) is 19.1. The molecule has 14 heteroatoms. The molecule has 1 aliphatic heterocycles. The molecule has 0 unspecified atom stereocenters. The van der Waals surface area contributed by atoms with Crippen LogP contribution < -0.4 is 15.1 Å². The number of hydroxylamine groups is 2. The minimum Gasteiger partial charge on any atom is -0.461 e. The standard InChI is InChI=1S/C21H25F2N5O7/c1-24-11-15(33-13-29)12-25(2)14-9-16(22)20(17(23)10-14)26-5-6-27(34-8-7-26)21(30)18-3-4-19(35-18)28(31)32/h3-4,9-10,13,15,24H,5-8,11-12H2,1-2H3/t15-/m0/s1. The number of anilines is 2. The van der Waals surface area contributed by atoms with E-state index in [0.717, 1.165) is 17.2 Å². The SMILES string of the molecule is CNC[C@@H](CN(C)c1cc(F)c(N2CCON(C(=O)c3ccc([N+](=O)[O-])o3)CC2)c(F)c1)OC=O. The van der Waals surface area contributed by atoms with Gasteiger partial charge in [0.05, 0.1) is 25.8 Å². The lowest BCUT2D eigenvalue weighted by molar-refractivity contribution is -0.402. The first-order valence-electron chi connectivity index (χ1n) is 10.6. The second kappa shape index (κ2) is 11.6. The molecule has 0 bridgehead atoms. The Hall–Kier alpha value is -3.78. The first kappa shape index (κ1) is 25.8. The Labute approximate surface area is 199 Å². The summed E-state index contributed by atoms with van der Waals surface area (Å²) >= 11 is 0. The Morgan fingerprint density at radius 1 is 1.31 bits per heavy atom. The quantitative estimate of drug-likeness (QED) is 0.293. The van der Waals surface area contributed by atoms with E-state index in [1.54, 1.807) is 19.0 Å². The van der Waals surface area contributed by atoms with Crippen molar-refractivity contribution in [2.24, 2.45) is 0 Å². The fourth-order valence-electron chi connectivity index (χ4n) is 3.64. The molecule has 1 amide bonds. The van der Waals surface area contributed by atoms with Crippen LogP contribution in [0.2, 0.25) is 0 Å². The number of ether oxygens (including phenoxy) is 1. The molecule has 35 heavy (non-hydrogen) atoms. The van der Waals surface area contributed by atoms with Gasteiger partial charge in [0.25, 0.3) is 6.47 Å². The van der Waals surface area contributed by atoms with Gasteiger partial charge in [0.15, 0.2) is 11.6 Å². The first-order chi connectivity index (χ1) is 16.7. The van der Waals surface area contributed by atoms with Crippen molar-refractivity contribution in [1.29, 1.82) is 0 Å². The number of likely N-dealkylation sites (N-methyl/N-ethyl adjacent to an activating group) is 2. The van der Waals surface area contributed by atoms with Crippen LogP contribution in [0.4, 0.5) is 26.0 Å². The molecule has 0 saturated carbocycles. The molecular formula is C21H25F2N5O7. The van der Waals surface area contributed by atoms with Crippen LogP contribution in [0, 0.1) is 21.7 Å². The molecule has 2 aromatic rings.